The lowest BCUT2D eigenvalue weighted by atomic mass is 10.0. The van der Waals surface area contributed by atoms with Gasteiger partial charge in [0.05, 0.1) is 13.2 Å². The quantitative estimate of drug-likeness (QED) is 0.824. The fraction of sp³-hybridized carbons (Fsp3) is 0.667. The Kier molecular flexibility index (Phi) is 3.12. The minimum Gasteiger partial charge on any atom is -0.465 e. The zero-order chi connectivity index (χ0) is 10.7. The van der Waals surface area contributed by atoms with Crippen LogP contribution in [0.15, 0.2) is 16.5 Å². The van der Waals surface area contributed by atoms with Crippen molar-refractivity contribution in [3.63, 3.8) is 0 Å². The smallest absolute Gasteiger partial charge is 0.117 e. The molecule has 0 aliphatic carbocycles. The Bertz CT molecular complexity index is 313. The third-order valence-corrected chi connectivity index (χ3v) is 2.97. The second-order valence-corrected chi connectivity index (χ2v) is 4.44. The first-order chi connectivity index (χ1) is 7.22. The highest BCUT2D eigenvalue weighted by Crippen LogP contribution is 2.18. The number of aryl methyl sites for hydroxylation is 1. The Morgan fingerprint density at radius 3 is 2.80 bits per heavy atom. The number of rotatable bonds is 4. The van der Waals surface area contributed by atoms with Gasteiger partial charge in [-0.25, -0.2) is 0 Å². The molecule has 1 atom stereocenters. The summed E-state index contributed by atoms with van der Waals surface area (Å²) in [6, 6.07) is 4.09. The molecule has 1 saturated heterocycles. The van der Waals surface area contributed by atoms with Gasteiger partial charge in [-0.3, -0.25) is 0 Å². The van der Waals surface area contributed by atoms with Gasteiger partial charge in [-0.1, -0.05) is 6.92 Å². The summed E-state index contributed by atoms with van der Waals surface area (Å²) < 4.78 is 11.0. The van der Waals surface area contributed by atoms with Crippen LogP contribution >= 0.6 is 0 Å². The van der Waals surface area contributed by atoms with E-state index in [0.29, 0.717) is 0 Å². The van der Waals surface area contributed by atoms with E-state index in [9.17, 15) is 0 Å². The van der Waals surface area contributed by atoms with Crippen molar-refractivity contribution in [3.8, 4) is 0 Å². The van der Waals surface area contributed by atoms with Crippen molar-refractivity contribution < 1.29 is 9.15 Å². The molecule has 15 heavy (non-hydrogen) atoms. The van der Waals surface area contributed by atoms with Crippen LogP contribution in [0.3, 0.4) is 0 Å². The molecule has 0 saturated carbocycles. The predicted molar refractivity (Wildman–Crippen MR) is 58.8 cm³/mol. The van der Waals surface area contributed by atoms with Crippen molar-refractivity contribution in [3.05, 3.63) is 23.7 Å². The molecule has 2 rings (SSSR count). The lowest BCUT2D eigenvalue weighted by Crippen LogP contribution is -2.42. The summed E-state index contributed by atoms with van der Waals surface area (Å²) in [5.41, 5.74) is 0.124. The van der Waals surface area contributed by atoms with E-state index in [-0.39, 0.29) is 5.54 Å². The average Bonchev–Trinajstić information content (AvgIpc) is 2.84. The number of hydrogen-bond acceptors (Lipinski definition) is 3. The van der Waals surface area contributed by atoms with Crippen molar-refractivity contribution in [1.29, 1.82) is 0 Å². The molecule has 0 radical (unpaired) electrons. The maximum Gasteiger partial charge on any atom is 0.117 e. The molecule has 1 aliphatic rings. The van der Waals surface area contributed by atoms with Gasteiger partial charge in [0, 0.05) is 18.6 Å². The first-order valence-corrected chi connectivity index (χ1v) is 5.62. The number of furan rings is 1. The van der Waals surface area contributed by atoms with Crippen LogP contribution in [0.1, 0.15) is 31.8 Å². The van der Waals surface area contributed by atoms with Gasteiger partial charge in [-0.15, -0.1) is 0 Å². The molecule has 3 heteroatoms. The number of ether oxygens (including phenoxy) is 1. The molecule has 1 aliphatic heterocycles. The van der Waals surface area contributed by atoms with Crippen molar-refractivity contribution >= 4 is 0 Å². The van der Waals surface area contributed by atoms with Crippen LogP contribution in [-0.2, 0) is 17.7 Å². The topological polar surface area (TPSA) is 34.4 Å². The molecule has 1 aromatic rings. The van der Waals surface area contributed by atoms with Crippen LogP contribution < -0.4 is 5.32 Å². The van der Waals surface area contributed by atoms with E-state index in [0.717, 1.165) is 44.1 Å². The summed E-state index contributed by atoms with van der Waals surface area (Å²) >= 11 is 0. The maximum atomic E-state index is 5.63. The van der Waals surface area contributed by atoms with Crippen LogP contribution in [0, 0.1) is 0 Å². The summed E-state index contributed by atoms with van der Waals surface area (Å²) in [6.07, 6.45) is 2.04. The van der Waals surface area contributed by atoms with Crippen LogP contribution in [0.2, 0.25) is 0 Å². The molecule has 0 bridgehead atoms. The third-order valence-electron chi connectivity index (χ3n) is 2.97. The molecule has 0 aromatic carbocycles. The predicted octanol–water partition coefficient (Wildman–Crippen LogP) is 2.11. The Morgan fingerprint density at radius 1 is 1.40 bits per heavy atom. The van der Waals surface area contributed by atoms with Crippen molar-refractivity contribution in [2.75, 3.05) is 13.2 Å². The summed E-state index contributed by atoms with van der Waals surface area (Å²) in [6.45, 7) is 6.75. The van der Waals surface area contributed by atoms with Crippen molar-refractivity contribution in [1.82, 2.24) is 5.32 Å². The Hall–Kier alpha value is -0.800. The number of hydrogen-bond donors (Lipinski definition) is 1. The van der Waals surface area contributed by atoms with E-state index >= 15 is 0 Å². The monoisotopic (exact) mass is 209 g/mol. The Morgan fingerprint density at radius 2 is 2.20 bits per heavy atom. The Balaban J connectivity index is 1.87. The fourth-order valence-electron chi connectivity index (χ4n) is 1.81. The highest BCUT2D eigenvalue weighted by Gasteiger charge is 2.28. The van der Waals surface area contributed by atoms with Crippen LogP contribution in [0.4, 0.5) is 0 Å². The zero-order valence-electron chi connectivity index (χ0n) is 9.51. The molecule has 84 valence electrons. The number of nitrogens with one attached hydrogen (secondary N) is 1. The summed E-state index contributed by atoms with van der Waals surface area (Å²) in [4.78, 5) is 0. The second-order valence-electron chi connectivity index (χ2n) is 4.44. The largest absolute Gasteiger partial charge is 0.465 e. The molecule has 1 fully saturated rings. The normalized spacial score (nSPS) is 26.0. The molecule has 0 amide bonds. The van der Waals surface area contributed by atoms with E-state index in [1.165, 1.54) is 0 Å². The average molecular weight is 209 g/mol. The van der Waals surface area contributed by atoms with E-state index < -0.39 is 0 Å². The van der Waals surface area contributed by atoms with Gasteiger partial charge in [0.25, 0.3) is 0 Å². The fourth-order valence-corrected chi connectivity index (χ4v) is 1.81. The van der Waals surface area contributed by atoms with E-state index in [2.05, 4.69) is 19.2 Å². The zero-order valence-corrected chi connectivity index (χ0v) is 9.51. The van der Waals surface area contributed by atoms with Gasteiger partial charge in [-0.05, 0) is 25.5 Å². The van der Waals surface area contributed by atoms with Crippen LogP contribution in [-0.4, -0.2) is 18.8 Å². The lowest BCUT2D eigenvalue weighted by molar-refractivity contribution is 0.170. The van der Waals surface area contributed by atoms with Crippen molar-refractivity contribution in [2.45, 2.75) is 38.8 Å². The van der Waals surface area contributed by atoms with E-state index in [4.69, 9.17) is 9.15 Å². The highest BCUT2D eigenvalue weighted by atomic mass is 16.5. The third kappa shape index (κ3) is 2.61. The van der Waals surface area contributed by atoms with Crippen molar-refractivity contribution in [2.24, 2.45) is 0 Å². The summed E-state index contributed by atoms with van der Waals surface area (Å²) in [5, 5.41) is 3.49. The summed E-state index contributed by atoms with van der Waals surface area (Å²) in [5.74, 6) is 2.07. The van der Waals surface area contributed by atoms with Gasteiger partial charge in [-0.2, -0.15) is 0 Å². The van der Waals surface area contributed by atoms with Gasteiger partial charge in [0.2, 0.25) is 0 Å². The van der Waals surface area contributed by atoms with E-state index in [1.807, 2.05) is 12.1 Å². The molecular formula is C12H19NO2. The first kappa shape index (κ1) is 10.7. The van der Waals surface area contributed by atoms with Crippen LogP contribution in [0.5, 0.6) is 0 Å². The SMILES string of the molecule is CCc1ccc(CNC2(C)CCOC2)o1. The Labute approximate surface area is 90.8 Å². The second kappa shape index (κ2) is 4.37. The first-order valence-electron chi connectivity index (χ1n) is 5.62. The molecular weight excluding hydrogens is 190 g/mol. The molecule has 1 unspecified atom stereocenters. The standard InChI is InChI=1S/C12H19NO2/c1-3-10-4-5-11(15-10)8-13-12(2)6-7-14-9-12/h4-5,13H,3,6-9H2,1-2H3. The maximum absolute atomic E-state index is 5.63. The molecule has 1 aromatic heterocycles. The highest BCUT2D eigenvalue weighted by molar-refractivity contribution is 5.07. The van der Waals surface area contributed by atoms with Gasteiger partial charge in [0.15, 0.2) is 0 Å². The minimum atomic E-state index is 0.124. The lowest BCUT2D eigenvalue weighted by Gasteiger charge is -2.22. The summed E-state index contributed by atoms with van der Waals surface area (Å²) in [7, 11) is 0. The van der Waals surface area contributed by atoms with E-state index in [1.54, 1.807) is 0 Å². The minimum absolute atomic E-state index is 0.124. The van der Waals surface area contributed by atoms with Gasteiger partial charge >= 0.3 is 0 Å². The van der Waals surface area contributed by atoms with Gasteiger partial charge in [0.1, 0.15) is 11.5 Å². The molecule has 2 heterocycles. The van der Waals surface area contributed by atoms with Crippen LogP contribution in [0.25, 0.3) is 0 Å². The van der Waals surface area contributed by atoms with Gasteiger partial charge < -0.3 is 14.5 Å². The molecule has 1 N–H and O–H groups in total. The molecule has 0 spiro atoms. The molecule has 3 nitrogen and oxygen atoms in total.